The van der Waals surface area contributed by atoms with Crippen molar-refractivity contribution < 1.29 is 19.4 Å². The number of aliphatic carboxylic acids is 1. The predicted octanol–water partition coefficient (Wildman–Crippen LogP) is 3.30. The van der Waals surface area contributed by atoms with Crippen molar-refractivity contribution >= 4 is 35.1 Å². The van der Waals surface area contributed by atoms with Crippen molar-refractivity contribution in [3.8, 4) is 0 Å². The van der Waals surface area contributed by atoms with E-state index in [2.05, 4.69) is 5.32 Å². The summed E-state index contributed by atoms with van der Waals surface area (Å²) < 4.78 is 5.09. The van der Waals surface area contributed by atoms with Gasteiger partial charge >= 0.3 is 5.97 Å². The highest BCUT2D eigenvalue weighted by molar-refractivity contribution is 6.42. The molecule has 1 amide bonds. The smallest absolute Gasteiger partial charge is 0.307 e. The molecule has 0 bridgehead atoms. The second-order valence-electron chi connectivity index (χ2n) is 5.64. The van der Waals surface area contributed by atoms with Gasteiger partial charge in [-0.25, -0.2) is 0 Å². The van der Waals surface area contributed by atoms with E-state index in [0.29, 0.717) is 35.9 Å². The number of amides is 1. The maximum atomic E-state index is 12.4. The van der Waals surface area contributed by atoms with Gasteiger partial charge in [0.15, 0.2) is 0 Å². The number of carboxylic acids is 1. The molecule has 1 aromatic rings. The van der Waals surface area contributed by atoms with Gasteiger partial charge < -0.3 is 15.2 Å². The molecule has 1 aliphatic carbocycles. The van der Waals surface area contributed by atoms with Crippen molar-refractivity contribution in [2.45, 2.75) is 25.3 Å². The van der Waals surface area contributed by atoms with E-state index in [9.17, 15) is 9.59 Å². The Hall–Kier alpha value is -1.30. The minimum absolute atomic E-state index is 0.240. The van der Waals surface area contributed by atoms with Crippen LogP contribution < -0.4 is 5.32 Å². The summed E-state index contributed by atoms with van der Waals surface area (Å²) >= 11 is 12.0. The first-order valence-electron chi connectivity index (χ1n) is 7.41. The third-order valence-corrected chi connectivity index (χ3v) is 4.94. The van der Waals surface area contributed by atoms with Crippen LogP contribution in [0.4, 0.5) is 0 Å². The third-order valence-electron chi connectivity index (χ3n) is 4.20. The molecule has 2 N–H and O–H groups in total. The third kappa shape index (κ3) is 4.37. The summed E-state index contributed by atoms with van der Waals surface area (Å²) in [7, 11) is 1.58. The van der Waals surface area contributed by atoms with Crippen LogP contribution in [0.15, 0.2) is 18.2 Å². The zero-order valence-electron chi connectivity index (χ0n) is 12.7. The number of hydrogen-bond donors (Lipinski definition) is 2. The maximum Gasteiger partial charge on any atom is 0.307 e. The first-order valence-corrected chi connectivity index (χ1v) is 8.16. The zero-order chi connectivity index (χ0) is 17.0. The largest absolute Gasteiger partial charge is 0.481 e. The van der Waals surface area contributed by atoms with Gasteiger partial charge in [0.2, 0.25) is 5.91 Å². The lowest BCUT2D eigenvalue weighted by Crippen LogP contribution is -2.45. The summed E-state index contributed by atoms with van der Waals surface area (Å²) in [5.41, 5.74) is 0.816. The second kappa shape index (κ2) is 7.99. The van der Waals surface area contributed by atoms with Crippen molar-refractivity contribution in [1.82, 2.24) is 5.32 Å². The molecule has 1 fully saturated rings. The van der Waals surface area contributed by atoms with Gasteiger partial charge in [0, 0.05) is 13.7 Å². The van der Waals surface area contributed by atoms with Gasteiger partial charge in [0.25, 0.3) is 0 Å². The molecule has 126 valence electrons. The Balaban J connectivity index is 2.10. The van der Waals surface area contributed by atoms with Gasteiger partial charge in [-0.05, 0) is 37.0 Å². The number of benzene rings is 1. The van der Waals surface area contributed by atoms with Crippen LogP contribution in [0.2, 0.25) is 10.0 Å². The molecule has 23 heavy (non-hydrogen) atoms. The molecule has 2 rings (SSSR count). The van der Waals surface area contributed by atoms with Crippen molar-refractivity contribution in [1.29, 1.82) is 0 Å². The van der Waals surface area contributed by atoms with Crippen molar-refractivity contribution in [3.05, 3.63) is 33.8 Å². The summed E-state index contributed by atoms with van der Waals surface area (Å²) in [6, 6.07) is 4.88. The first kappa shape index (κ1) is 18.0. The standard InChI is InChI=1S/C16H19Cl2NO4/c1-23-7-6-14(9-2-5-12(17)13(18)8-9)19-15(20)10-3-4-11(10)16(21)22/h2,5,8,10-11,14H,3-4,6-7H2,1H3,(H,19,20)(H,21,22). The lowest BCUT2D eigenvalue weighted by atomic mass is 9.73. The molecular weight excluding hydrogens is 341 g/mol. The molecule has 0 saturated heterocycles. The van der Waals surface area contributed by atoms with E-state index < -0.39 is 17.8 Å². The second-order valence-corrected chi connectivity index (χ2v) is 6.46. The molecule has 3 atom stereocenters. The fourth-order valence-corrected chi connectivity index (χ4v) is 2.98. The number of rotatable bonds is 7. The van der Waals surface area contributed by atoms with E-state index in [1.54, 1.807) is 25.3 Å². The monoisotopic (exact) mass is 359 g/mol. The Labute approximate surface area is 144 Å². The number of hydrogen-bond acceptors (Lipinski definition) is 3. The maximum absolute atomic E-state index is 12.4. The number of methoxy groups -OCH3 is 1. The van der Waals surface area contributed by atoms with Gasteiger partial charge in [0.1, 0.15) is 0 Å². The Bertz CT molecular complexity index is 593. The fraction of sp³-hybridized carbons (Fsp3) is 0.500. The highest BCUT2D eigenvalue weighted by Gasteiger charge is 2.41. The van der Waals surface area contributed by atoms with Crippen LogP contribution in [0.5, 0.6) is 0 Å². The number of nitrogens with one attached hydrogen (secondary N) is 1. The van der Waals surface area contributed by atoms with Crippen LogP contribution in [0.1, 0.15) is 30.9 Å². The molecule has 3 unspecified atom stereocenters. The molecular formula is C16H19Cl2NO4. The van der Waals surface area contributed by atoms with Crippen LogP contribution in [0, 0.1) is 11.8 Å². The van der Waals surface area contributed by atoms with Gasteiger partial charge in [-0.1, -0.05) is 29.3 Å². The Morgan fingerprint density at radius 3 is 2.52 bits per heavy atom. The quantitative estimate of drug-likeness (QED) is 0.782. The first-order chi connectivity index (χ1) is 10.9. The number of carboxylic acid groups (broad SMARTS) is 1. The van der Waals surface area contributed by atoms with Crippen molar-refractivity contribution in [3.63, 3.8) is 0 Å². The average Bonchev–Trinajstić information content (AvgIpc) is 2.44. The summed E-state index contributed by atoms with van der Waals surface area (Å²) in [5.74, 6) is -2.22. The molecule has 0 radical (unpaired) electrons. The normalized spacial score (nSPS) is 21.3. The number of halogens is 2. The highest BCUT2D eigenvalue weighted by atomic mass is 35.5. The highest BCUT2D eigenvalue weighted by Crippen LogP contribution is 2.35. The summed E-state index contributed by atoms with van der Waals surface area (Å²) in [5, 5.41) is 12.8. The van der Waals surface area contributed by atoms with E-state index >= 15 is 0 Å². The van der Waals surface area contributed by atoms with Crippen molar-refractivity contribution in [2.24, 2.45) is 11.8 Å². The summed E-state index contributed by atoms with van der Waals surface area (Å²) in [6.45, 7) is 0.457. The fourth-order valence-electron chi connectivity index (χ4n) is 2.68. The molecule has 0 aromatic heterocycles. The van der Waals surface area contributed by atoms with Crippen LogP contribution in [-0.2, 0) is 14.3 Å². The van der Waals surface area contributed by atoms with Gasteiger partial charge in [0.05, 0.1) is 27.9 Å². The Morgan fingerprint density at radius 2 is 2.00 bits per heavy atom. The minimum Gasteiger partial charge on any atom is -0.481 e. The average molecular weight is 360 g/mol. The molecule has 1 saturated carbocycles. The molecule has 7 heteroatoms. The van der Waals surface area contributed by atoms with E-state index in [0.717, 1.165) is 5.56 Å². The molecule has 0 aliphatic heterocycles. The molecule has 1 aliphatic rings. The van der Waals surface area contributed by atoms with Crippen LogP contribution in [-0.4, -0.2) is 30.7 Å². The zero-order valence-corrected chi connectivity index (χ0v) is 14.2. The summed E-state index contributed by atoms with van der Waals surface area (Å²) in [4.78, 5) is 23.4. The Kier molecular flexibility index (Phi) is 6.27. The lowest BCUT2D eigenvalue weighted by Gasteiger charge is -2.33. The van der Waals surface area contributed by atoms with E-state index in [1.807, 2.05) is 0 Å². The van der Waals surface area contributed by atoms with Crippen molar-refractivity contribution in [2.75, 3.05) is 13.7 Å². The van der Waals surface area contributed by atoms with Crippen LogP contribution >= 0.6 is 23.2 Å². The van der Waals surface area contributed by atoms with Gasteiger partial charge in [-0.2, -0.15) is 0 Å². The van der Waals surface area contributed by atoms with Gasteiger partial charge in [-0.15, -0.1) is 0 Å². The predicted molar refractivity (Wildman–Crippen MR) is 87.7 cm³/mol. The molecule has 0 spiro atoms. The van der Waals surface area contributed by atoms with Crippen LogP contribution in [0.3, 0.4) is 0 Å². The van der Waals surface area contributed by atoms with E-state index in [1.165, 1.54) is 0 Å². The number of carbonyl (C=O) groups excluding carboxylic acids is 1. The van der Waals surface area contributed by atoms with E-state index in [-0.39, 0.29) is 11.9 Å². The summed E-state index contributed by atoms with van der Waals surface area (Å²) in [6.07, 6.45) is 1.70. The minimum atomic E-state index is -0.917. The molecule has 5 nitrogen and oxygen atoms in total. The molecule has 0 heterocycles. The van der Waals surface area contributed by atoms with Crippen LogP contribution in [0.25, 0.3) is 0 Å². The van der Waals surface area contributed by atoms with E-state index in [4.69, 9.17) is 33.0 Å². The molecule has 1 aromatic carbocycles. The number of carbonyl (C=O) groups is 2. The lowest BCUT2D eigenvalue weighted by molar-refractivity contribution is -0.153. The van der Waals surface area contributed by atoms with Gasteiger partial charge in [-0.3, -0.25) is 9.59 Å². The Morgan fingerprint density at radius 1 is 1.30 bits per heavy atom. The SMILES string of the molecule is COCCC(NC(=O)C1CCC1C(=O)O)c1ccc(Cl)c(Cl)c1. The topological polar surface area (TPSA) is 75.6 Å². The number of ether oxygens (including phenoxy) is 1.